The van der Waals surface area contributed by atoms with Gasteiger partial charge in [-0.3, -0.25) is 0 Å². The van der Waals surface area contributed by atoms with Crippen LogP contribution >= 0.6 is 20.2 Å². The van der Waals surface area contributed by atoms with E-state index in [9.17, 15) is 19.8 Å². The topological polar surface area (TPSA) is 83.8 Å². The van der Waals surface area contributed by atoms with Crippen molar-refractivity contribution >= 4 is 32.0 Å². The molecule has 0 aromatic heterocycles. The van der Waals surface area contributed by atoms with Crippen molar-refractivity contribution in [2.75, 3.05) is 4.43 Å². The van der Waals surface area contributed by atoms with Crippen LogP contribution in [0.1, 0.15) is 86.0 Å². The zero-order chi connectivity index (χ0) is 22.5. The van der Waals surface area contributed by atoms with Crippen LogP contribution in [0, 0.1) is 17.8 Å². The van der Waals surface area contributed by atoms with Crippen LogP contribution in [0.4, 0.5) is 0 Å². The van der Waals surface area contributed by atoms with E-state index in [2.05, 4.69) is 19.9 Å². The van der Waals surface area contributed by atoms with Gasteiger partial charge in [-0.25, -0.2) is 0 Å². The molecule has 1 saturated carbocycles. The number of ketones is 1. The second-order valence-corrected chi connectivity index (χ2v) is 15.0. The summed E-state index contributed by atoms with van der Waals surface area (Å²) >= 11 is -2.03. The first-order chi connectivity index (χ1) is 14.1. The summed E-state index contributed by atoms with van der Waals surface area (Å²) in [6.45, 7) is 10.1. The number of fused-ring (bicyclic) bond motifs is 1. The van der Waals surface area contributed by atoms with Crippen LogP contribution in [-0.4, -0.2) is 42.0 Å². The molecule has 0 bridgehead atoms. The standard InChI is InChI=1S/C24H41IO5/c1-6-16(2)23(29)30-25-13-7-8-19-10-9-17(3)22(24(19,25)5)12-11-20(27)15-21(28)14-18(4)26/h8,16-17,20-22,27-28H,6-7,9-15H2,1-5H3/t16-,17-,20+,21-,22-,24-/m0/s1. The molecule has 2 rings (SSSR count). The van der Waals surface area contributed by atoms with Crippen LogP contribution in [0.25, 0.3) is 0 Å². The van der Waals surface area contributed by atoms with E-state index in [1.165, 1.54) is 12.5 Å². The Balaban J connectivity index is 2.11. The molecule has 1 aliphatic heterocycles. The summed E-state index contributed by atoms with van der Waals surface area (Å²) in [5.74, 6) is 0.755. The van der Waals surface area contributed by atoms with Crippen molar-refractivity contribution in [3.8, 4) is 0 Å². The third-order valence-electron chi connectivity index (χ3n) is 7.05. The first-order valence-electron chi connectivity index (χ1n) is 11.5. The van der Waals surface area contributed by atoms with Crippen LogP contribution in [0.2, 0.25) is 0 Å². The molecule has 0 amide bonds. The quantitative estimate of drug-likeness (QED) is 0.233. The summed E-state index contributed by atoms with van der Waals surface area (Å²) in [6.07, 6.45) is 6.85. The summed E-state index contributed by atoms with van der Waals surface area (Å²) in [7, 11) is 0. The number of allylic oxidation sites excluding steroid dienone is 2. The van der Waals surface area contributed by atoms with E-state index in [1.54, 1.807) is 0 Å². The van der Waals surface area contributed by atoms with Crippen molar-refractivity contribution in [1.82, 2.24) is 0 Å². The Morgan fingerprint density at radius 3 is 2.67 bits per heavy atom. The minimum absolute atomic E-state index is 0.0328. The fraction of sp³-hybridized carbons (Fsp3) is 0.833. The second kappa shape index (κ2) is 11.4. The molecular formula is C24H41IO5. The number of carbonyl (C=O) groups excluding carboxylic acids is 2. The average Bonchev–Trinajstić information content (AvgIpc) is 2.66. The van der Waals surface area contributed by atoms with Gasteiger partial charge in [-0.15, -0.1) is 0 Å². The Morgan fingerprint density at radius 1 is 1.33 bits per heavy atom. The van der Waals surface area contributed by atoms with Crippen molar-refractivity contribution in [2.24, 2.45) is 17.8 Å². The molecule has 1 fully saturated rings. The number of aliphatic hydroxyl groups is 2. The summed E-state index contributed by atoms with van der Waals surface area (Å²) in [6, 6.07) is 0. The summed E-state index contributed by atoms with van der Waals surface area (Å²) in [4.78, 5) is 23.8. The van der Waals surface area contributed by atoms with Crippen molar-refractivity contribution in [3.05, 3.63) is 11.6 Å². The Kier molecular flexibility index (Phi) is 9.81. The zero-order valence-corrected chi connectivity index (χ0v) is 21.5. The molecule has 0 aromatic rings. The predicted molar refractivity (Wildman–Crippen MR) is 129 cm³/mol. The van der Waals surface area contributed by atoms with E-state index >= 15 is 0 Å². The molecule has 1 heterocycles. The van der Waals surface area contributed by atoms with Gasteiger partial charge in [-0.05, 0) is 0 Å². The number of carbonyl (C=O) groups is 2. The number of Topliss-reactive ketones (excluding diaryl/α,β-unsaturated/α-hetero) is 1. The molecule has 5 nitrogen and oxygen atoms in total. The molecule has 0 spiro atoms. The van der Waals surface area contributed by atoms with Crippen molar-refractivity contribution in [2.45, 2.75) is 102 Å². The molecule has 30 heavy (non-hydrogen) atoms. The first-order valence-corrected chi connectivity index (χ1v) is 15.0. The number of alkyl halides is 2. The van der Waals surface area contributed by atoms with Crippen LogP contribution < -0.4 is 0 Å². The molecule has 2 aliphatic rings. The molecule has 6 atom stereocenters. The average molecular weight is 536 g/mol. The normalized spacial score (nSPS) is 30.6. The number of aliphatic hydroxyl groups excluding tert-OH is 2. The van der Waals surface area contributed by atoms with Crippen molar-refractivity contribution in [1.29, 1.82) is 0 Å². The summed E-state index contributed by atoms with van der Waals surface area (Å²) in [5, 5.41) is 20.5. The van der Waals surface area contributed by atoms with Gasteiger partial charge in [0.25, 0.3) is 0 Å². The molecule has 0 unspecified atom stereocenters. The third kappa shape index (κ3) is 6.28. The number of halogens is 1. The van der Waals surface area contributed by atoms with Crippen LogP contribution in [0.3, 0.4) is 0 Å². The van der Waals surface area contributed by atoms with Crippen LogP contribution in [0.15, 0.2) is 11.6 Å². The fourth-order valence-electron chi connectivity index (χ4n) is 4.95. The summed E-state index contributed by atoms with van der Waals surface area (Å²) < 4.78 is 7.22. The van der Waals surface area contributed by atoms with Gasteiger partial charge in [0.15, 0.2) is 0 Å². The van der Waals surface area contributed by atoms with Gasteiger partial charge in [0.1, 0.15) is 0 Å². The molecule has 0 saturated heterocycles. The molecular weight excluding hydrogens is 495 g/mol. The van der Waals surface area contributed by atoms with E-state index < -0.39 is 32.4 Å². The number of rotatable bonds is 10. The summed E-state index contributed by atoms with van der Waals surface area (Å²) in [5.41, 5.74) is 1.48. The Labute approximate surface area is 190 Å². The van der Waals surface area contributed by atoms with E-state index in [4.69, 9.17) is 3.07 Å². The SMILES string of the molecule is CC[C@H](C)C(=O)OI1CCC=C2CC[C@H](C)[C@H](CC[C@@H](O)C[C@@H](O)CC(C)=O)[C@]21C. The van der Waals surface area contributed by atoms with E-state index in [0.717, 1.165) is 36.5 Å². The van der Waals surface area contributed by atoms with Crippen molar-refractivity contribution < 1.29 is 22.9 Å². The van der Waals surface area contributed by atoms with Crippen LogP contribution in [0.5, 0.6) is 0 Å². The Bertz CT molecular complexity index is 633. The molecule has 2 N–H and O–H groups in total. The second-order valence-electron chi connectivity index (χ2n) is 9.46. The maximum absolute atomic E-state index is 12.6. The van der Waals surface area contributed by atoms with E-state index in [0.29, 0.717) is 18.3 Å². The van der Waals surface area contributed by atoms with E-state index in [-0.39, 0.29) is 33.9 Å². The fourth-order valence-corrected chi connectivity index (χ4v) is 11.7. The van der Waals surface area contributed by atoms with Gasteiger partial charge < -0.3 is 0 Å². The molecule has 0 aromatic carbocycles. The molecule has 174 valence electrons. The van der Waals surface area contributed by atoms with E-state index in [1.807, 2.05) is 13.8 Å². The third-order valence-corrected chi connectivity index (χ3v) is 13.6. The first kappa shape index (κ1) is 25.8. The minimum atomic E-state index is -2.03. The van der Waals surface area contributed by atoms with Gasteiger partial charge in [0, 0.05) is 0 Å². The van der Waals surface area contributed by atoms with Gasteiger partial charge in [-0.1, -0.05) is 0 Å². The van der Waals surface area contributed by atoms with Crippen molar-refractivity contribution in [3.63, 3.8) is 0 Å². The number of hydrogen-bond acceptors (Lipinski definition) is 5. The van der Waals surface area contributed by atoms with Gasteiger partial charge in [-0.2, -0.15) is 0 Å². The van der Waals surface area contributed by atoms with Gasteiger partial charge in [0.05, 0.1) is 0 Å². The molecule has 6 heteroatoms. The van der Waals surface area contributed by atoms with Gasteiger partial charge >= 0.3 is 190 Å². The predicted octanol–water partition coefficient (Wildman–Crippen LogP) is 5.00. The Hall–Kier alpha value is -0.470. The molecule has 1 aliphatic carbocycles. The Morgan fingerprint density at radius 2 is 2.03 bits per heavy atom. The maximum atomic E-state index is 12.6. The zero-order valence-electron chi connectivity index (χ0n) is 19.3. The number of hydrogen-bond donors (Lipinski definition) is 2. The van der Waals surface area contributed by atoms with Crippen LogP contribution in [-0.2, 0) is 12.7 Å². The molecule has 0 radical (unpaired) electrons. The van der Waals surface area contributed by atoms with Gasteiger partial charge in [0.2, 0.25) is 0 Å². The monoisotopic (exact) mass is 536 g/mol.